The van der Waals surface area contributed by atoms with Gasteiger partial charge < -0.3 is 118 Å². The number of rotatable bonds is 64. The Balaban J connectivity index is 1.88. The third-order valence-corrected chi connectivity index (χ3v) is 22.4. The Morgan fingerprint density at radius 3 is 1.16 bits per heavy atom. The Morgan fingerprint density at radius 2 is 0.721 bits per heavy atom. The van der Waals surface area contributed by atoms with Crippen molar-refractivity contribution in [3.05, 3.63) is 71.9 Å². The summed E-state index contributed by atoms with van der Waals surface area (Å²) in [5, 5.41) is 39.5. The van der Waals surface area contributed by atoms with Gasteiger partial charge in [0.2, 0.25) is 88.6 Å². The highest BCUT2D eigenvalue weighted by molar-refractivity contribution is 6.01. The predicted octanol–water partition coefficient (Wildman–Crippen LogP) is 1.09. The normalized spacial score (nSPS) is 15.1. The van der Waals surface area contributed by atoms with Gasteiger partial charge in [0.1, 0.15) is 78.5 Å². The number of nitrogens with zero attached hydrogens (tertiary/aromatic N) is 1. The van der Waals surface area contributed by atoms with E-state index in [0.717, 1.165) is 17.4 Å². The summed E-state index contributed by atoms with van der Waals surface area (Å²) in [6.45, 7) is 23.9. The van der Waals surface area contributed by atoms with Gasteiger partial charge in [-0.05, 0) is 195 Å². The molecule has 15 atom stereocenters. The lowest BCUT2D eigenvalue weighted by Crippen LogP contribution is -2.61. The number of quaternary nitrogens is 1. The molecule has 3 rings (SSSR count). The van der Waals surface area contributed by atoms with Crippen molar-refractivity contribution < 1.29 is 76.4 Å². The second-order valence-corrected chi connectivity index (χ2v) is 37.2. The van der Waals surface area contributed by atoms with E-state index in [1.807, 2.05) is 87.0 Å². The van der Waals surface area contributed by atoms with Gasteiger partial charge in [0.05, 0.1) is 40.3 Å². The lowest BCUT2D eigenvalue weighted by molar-refractivity contribution is -0.870. The molecule has 37 nitrogen and oxygen atoms in total. The molecule has 0 aliphatic rings. The number of carbonyl (C=O) groups excluding carboxylic acids is 15. The molecule has 1 heterocycles. The number of para-hydroxylation sites is 1. The third kappa shape index (κ3) is 42.5. The van der Waals surface area contributed by atoms with Crippen LogP contribution >= 0.6 is 0 Å². The summed E-state index contributed by atoms with van der Waals surface area (Å²) < 4.78 is 0.641. The maximum atomic E-state index is 15.0. The number of H-pyrrole nitrogens is 1. The van der Waals surface area contributed by atoms with Gasteiger partial charge in [-0.1, -0.05) is 144 Å². The average Bonchev–Trinajstić information content (AvgIpc) is 1.69. The van der Waals surface area contributed by atoms with E-state index in [1.165, 1.54) is 6.92 Å². The Morgan fingerprint density at radius 1 is 0.364 bits per heavy atom. The predicted molar refractivity (Wildman–Crippen MR) is 499 cm³/mol. The molecule has 0 aliphatic heterocycles. The molecule has 0 saturated heterocycles. The maximum absolute atomic E-state index is 15.0. The Labute approximate surface area is 763 Å². The molecule has 2 aromatic carbocycles. The van der Waals surface area contributed by atoms with Crippen LogP contribution in [0.4, 0.5) is 0 Å². The van der Waals surface area contributed by atoms with Gasteiger partial charge in [-0.3, -0.25) is 71.9 Å². The largest absolute Gasteiger partial charge is 0.368 e. The van der Waals surface area contributed by atoms with Crippen LogP contribution in [0.2, 0.25) is 0 Å². The van der Waals surface area contributed by atoms with E-state index in [-0.39, 0.29) is 95.2 Å². The van der Waals surface area contributed by atoms with Crippen LogP contribution in [0, 0.1) is 35.5 Å². The summed E-state index contributed by atoms with van der Waals surface area (Å²) >= 11 is 0. The zero-order chi connectivity index (χ0) is 96.8. The van der Waals surface area contributed by atoms with E-state index in [2.05, 4.69) is 79.4 Å². The fourth-order valence-corrected chi connectivity index (χ4v) is 14.7. The van der Waals surface area contributed by atoms with Crippen molar-refractivity contribution in [3.63, 3.8) is 0 Å². The molecule has 0 fully saturated rings. The average molecular weight is 1810 g/mol. The smallest absolute Gasteiger partial charge is 0.243 e. The van der Waals surface area contributed by atoms with Crippen molar-refractivity contribution >= 4 is 99.5 Å². The molecule has 0 saturated carbocycles. The van der Waals surface area contributed by atoms with Crippen molar-refractivity contribution in [2.75, 3.05) is 60.4 Å². The maximum Gasteiger partial charge on any atom is 0.243 e. The van der Waals surface area contributed by atoms with E-state index >= 15 is 4.79 Å². The number of carbonyl (C=O) groups is 15. The molecular weight excluding hydrogens is 1650 g/mol. The third-order valence-electron chi connectivity index (χ3n) is 22.4. The summed E-state index contributed by atoms with van der Waals surface area (Å²) in [6.07, 6.45) is 7.80. The molecule has 27 N–H and O–H groups in total. The van der Waals surface area contributed by atoms with Crippen molar-refractivity contribution in [1.82, 2.24) is 79.4 Å². The number of aromatic amines is 1. The Bertz CT molecular complexity index is 4020. The quantitative estimate of drug-likeness (QED) is 0.0278. The highest BCUT2D eigenvalue weighted by atomic mass is 16.2. The number of aromatic nitrogens is 1. The first-order chi connectivity index (χ1) is 60.9. The summed E-state index contributed by atoms with van der Waals surface area (Å²) in [5.74, 6) is -13.0. The van der Waals surface area contributed by atoms with Gasteiger partial charge in [-0.2, -0.15) is 0 Å². The van der Waals surface area contributed by atoms with Crippen LogP contribution < -0.4 is 109 Å². The molecule has 726 valence electrons. The minimum atomic E-state index is -1.39. The lowest BCUT2D eigenvalue weighted by atomic mass is 9.97. The zero-order valence-electron chi connectivity index (χ0n) is 79.4. The summed E-state index contributed by atoms with van der Waals surface area (Å²) in [7, 11) is 6.07. The number of unbranched alkanes of at least 4 members (excludes halogenated alkanes) is 5. The van der Waals surface area contributed by atoms with Gasteiger partial charge in [0.25, 0.3) is 0 Å². The number of hydrogen-bond donors (Lipinski definition) is 21. The molecule has 15 amide bonds. The summed E-state index contributed by atoms with van der Waals surface area (Å²) in [4.78, 5) is 217. The van der Waals surface area contributed by atoms with Crippen molar-refractivity contribution in [3.8, 4) is 0 Å². The standard InChI is InChI=1S/C92H158N22O15/c1-17-59(12)78(90(127)100-53-75(115)101-60(13)80(117)111-76(57(8)9)92(129)110-72(49-56(6)7)86(123)105-69(41-27-32-46-114(14,15)16)84(121)112-77(58(10)11)91(128)106-70(79(98)116)47-54(2)3)113-85(122)68(40-26-31-45-96)102-82(119)66(38-24-29-43-94)103-88(125)73(50-61-33-19-18-20-34-61)109-87(124)71(48-55(4)5)108-83(120)67(39-25-30-44-95)104-89(126)74(107-81(118)64(97)36-23-28-42-93)51-62-52-99-65-37-22-21-35-63(62)65/h18-22,33-35,37,52,54-60,64,66-74,76-78,99H,17,23-32,36,38-51,53,93-97H2,1-16H3,(H15-,98,100,101,102,103,104,105,106,107,108,109,110,111,112,113,115,116,117,118,119,120,121,122,123,124,125,126,127,128,129)/p+1/t59-,60-,64-,66-,67-,68-,69-,70-,71-,72-,73-,74-,76-,77-,78-/m0/s1. The topological polar surface area (TPSA) is 596 Å². The molecule has 0 radical (unpaired) electrons. The molecule has 129 heavy (non-hydrogen) atoms. The summed E-state index contributed by atoms with van der Waals surface area (Å²) in [6, 6.07) is -0.924. The van der Waals surface area contributed by atoms with Gasteiger partial charge in [0.15, 0.2) is 0 Å². The van der Waals surface area contributed by atoms with Gasteiger partial charge in [0, 0.05) is 29.9 Å². The molecule has 0 spiro atoms. The van der Waals surface area contributed by atoms with E-state index in [9.17, 15) is 67.1 Å². The monoisotopic (exact) mass is 1810 g/mol. The fraction of sp³-hybridized carbons (Fsp3) is 0.685. The first kappa shape index (κ1) is 113. The van der Waals surface area contributed by atoms with E-state index in [1.54, 1.807) is 78.1 Å². The van der Waals surface area contributed by atoms with Gasteiger partial charge in [-0.25, -0.2) is 0 Å². The van der Waals surface area contributed by atoms with E-state index in [0.29, 0.717) is 99.2 Å². The Kier molecular flexibility index (Phi) is 51.8. The Hall–Kier alpha value is -10.2. The summed E-state index contributed by atoms with van der Waals surface area (Å²) in [5.41, 5.74) is 37.6. The number of amides is 15. The van der Waals surface area contributed by atoms with Crippen LogP contribution in [0.25, 0.3) is 10.9 Å². The van der Waals surface area contributed by atoms with Crippen molar-refractivity contribution in [1.29, 1.82) is 0 Å². The molecule has 3 aromatic rings. The van der Waals surface area contributed by atoms with E-state index in [4.69, 9.17) is 34.4 Å². The SMILES string of the molecule is CC[C@H](C)[C@H](NC(=O)[C@H](CCCCN)NC(=O)[C@H](CCCCN)NC(=O)[C@H](Cc1ccccc1)NC(=O)[C@H](CC(C)C)NC(=O)[C@H](CCCCN)NC(=O)[C@H](Cc1c[nH]c2ccccc12)NC(=O)[C@@H](N)CCCCN)C(=O)NCC(=O)N[C@@H](C)C(=O)N[C@H](C(=O)N[C@@H](CC(C)C)C(=O)N[C@@H](CCCC[N+](C)(C)C)C(=O)N[C@H](C(=O)N[C@@H](CC(C)C)C(N)=O)C(C)C)C(C)C. The molecule has 0 unspecified atom stereocenters. The number of nitrogens with one attached hydrogen (secondary N) is 15. The molecule has 1 aromatic heterocycles. The number of benzene rings is 2. The second-order valence-electron chi connectivity index (χ2n) is 37.2. The van der Waals surface area contributed by atoms with Crippen LogP contribution in [-0.4, -0.2) is 243 Å². The molecule has 0 bridgehead atoms. The second kappa shape index (κ2) is 59.2. The van der Waals surface area contributed by atoms with Gasteiger partial charge >= 0.3 is 0 Å². The zero-order valence-corrected chi connectivity index (χ0v) is 79.4. The van der Waals surface area contributed by atoms with Crippen LogP contribution in [0.5, 0.6) is 0 Å². The van der Waals surface area contributed by atoms with Crippen LogP contribution in [0.15, 0.2) is 60.8 Å². The molecular formula is C92H159N22O15+. The highest BCUT2D eigenvalue weighted by Gasteiger charge is 2.40. The first-order valence-electron chi connectivity index (χ1n) is 46.3. The van der Waals surface area contributed by atoms with Crippen molar-refractivity contribution in [2.45, 2.75) is 309 Å². The van der Waals surface area contributed by atoms with Crippen LogP contribution in [-0.2, 0) is 84.8 Å². The number of hydrogen-bond acceptors (Lipinski definition) is 20. The number of nitrogens with two attached hydrogens (primary N) is 6. The van der Waals surface area contributed by atoms with Crippen LogP contribution in [0.1, 0.15) is 223 Å². The number of fused-ring (bicyclic) bond motifs is 1. The highest BCUT2D eigenvalue weighted by Crippen LogP contribution is 2.22. The first-order valence-corrected chi connectivity index (χ1v) is 46.3. The van der Waals surface area contributed by atoms with E-state index < -0.39 is 197 Å². The minimum absolute atomic E-state index is 0.00893. The molecule has 0 aliphatic carbocycles. The van der Waals surface area contributed by atoms with Gasteiger partial charge in [-0.15, -0.1) is 0 Å². The van der Waals surface area contributed by atoms with Crippen molar-refractivity contribution in [2.24, 2.45) is 69.9 Å². The molecule has 37 heteroatoms. The minimum Gasteiger partial charge on any atom is -0.368 e. The number of primary amides is 1. The van der Waals surface area contributed by atoms with Crippen LogP contribution in [0.3, 0.4) is 0 Å². The fourth-order valence-electron chi connectivity index (χ4n) is 14.7. The lowest BCUT2D eigenvalue weighted by Gasteiger charge is -2.30.